The topological polar surface area (TPSA) is 154 Å². The Balaban J connectivity index is 1.56. The number of nitrogens with one attached hydrogen (secondary N) is 2. The van der Waals surface area contributed by atoms with E-state index in [0.29, 0.717) is 22.0 Å². The fourth-order valence-electron chi connectivity index (χ4n) is 3.69. The lowest BCUT2D eigenvalue weighted by Crippen LogP contribution is -2.19. The third kappa shape index (κ3) is 4.09. The first-order valence-electron chi connectivity index (χ1n) is 10.6. The molecular formula is C23H17ClN8O4. The van der Waals surface area contributed by atoms with Crippen LogP contribution in [0.4, 0.5) is 11.5 Å². The Morgan fingerprint density at radius 2 is 1.94 bits per heavy atom. The molecule has 2 aromatic carbocycles. The Bertz CT molecular complexity index is 1740. The second-order valence-electron chi connectivity index (χ2n) is 7.96. The molecular weight excluding hydrogens is 488 g/mol. The Hall–Kier alpha value is -4.84. The quantitative estimate of drug-likeness (QED) is 0.273. The molecule has 0 aliphatic rings. The van der Waals surface area contributed by atoms with Gasteiger partial charge in [-0.2, -0.15) is 19.9 Å². The number of aromatic nitrogens is 6. The van der Waals surface area contributed by atoms with Crippen molar-refractivity contribution in [3.63, 3.8) is 0 Å². The molecule has 3 aromatic heterocycles. The van der Waals surface area contributed by atoms with E-state index in [1.54, 1.807) is 44.2 Å². The molecule has 36 heavy (non-hydrogen) atoms. The first kappa shape index (κ1) is 22.9. The van der Waals surface area contributed by atoms with Gasteiger partial charge in [-0.1, -0.05) is 23.7 Å². The fraction of sp³-hybridized carbons (Fsp3) is 0.0870. The molecule has 2 N–H and O–H groups in total. The van der Waals surface area contributed by atoms with Gasteiger partial charge in [-0.05, 0) is 38.1 Å². The van der Waals surface area contributed by atoms with E-state index in [0.717, 1.165) is 0 Å². The van der Waals surface area contributed by atoms with Gasteiger partial charge in [0.05, 0.1) is 22.5 Å². The number of nitrogens with zero attached hydrogens (tertiary/aromatic N) is 6. The van der Waals surface area contributed by atoms with E-state index in [9.17, 15) is 19.7 Å². The van der Waals surface area contributed by atoms with Crippen LogP contribution in [0.3, 0.4) is 0 Å². The lowest BCUT2D eigenvalue weighted by Gasteiger charge is -2.09. The molecule has 0 unspecified atom stereocenters. The number of aryl methyl sites for hydroxylation is 2. The van der Waals surface area contributed by atoms with Gasteiger partial charge in [0.2, 0.25) is 5.95 Å². The number of aromatic amines is 1. The standard InChI is InChI=1S/C23H17ClN8O4/c1-12-6-7-14(9-18(12)32(35)36)21(33)26-19-8-13(2)29-31(19)23-27-20-17(22(34)28-23)11-25-30(20)16-5-3-4-15(24)10-16/h3-11H,1-2H3,(H,26,33)(H,27,28,34). The van der Waals surface area contributed by atoms with Gasteiger partial charge in [0, 0.05) is 28.3 Å². The van der Waals surface area contributed by atoms with E-state index in [1.165, 1.54) is 33.8 Å². The Morgan fingerprint density at radius 3 is 2.69 bits per heavy atom. The Labute approximate surface area is 207 Å². The van der Waals surface area contributed by atoms with E-state index >= 15 is 0 Å². The zero-order valence-corrected chi connectivity index (χ0v) is 19.6. The molecule has 0 fully saturated rings. The summed E-state index contributed by atoms with van der Waals surface area (Å²) in [5.41, 5.74) is 1.30. The van der Waals surface area contributed by atoms with E-state index in [1.807, 2.05) is 0 Å². The van der Waals surface area contributed by atoms with Crippen molar-refractivity contribution in [2.75, 3.05) is 5.32 Å². The SMILES string of the molecule is Cc1cc(NC(=O)c2ccc(C)c([N+](=O)[O-])c2)n(-c2nc3c(cnn3-c3cccc(Cl)c3)c(=O)[nH]2)n1. The predicted molar refractivity (Wildman–Crippen MR) is 132 cm³/mol. The third-order valence-electron chi connectivity index (χ3n) is 5.42. The first-order valence-corrected chi connectivity index (χ1v) is 11.0. The van der Waals surface area contributed by atoms with E-state index in [4.69, 9.17) is 11.6 Å². The van der Waals surface area contributed by atoms with Crippen molar-refractivity contribution in [1.29, 1.82) is 0 Å². The summed E-state index contributed by atoms with van der Waals surface area (Å²) in [5.74, 6) is -0.349. The Morgan fingerprint density at radius 1 is 1.14 bits per heavy atom. The molecule has 3 heterocycles. The number of fused-ring (bicyclic) bond motifs is 1. The van der Waals surface area contributed by atoms with E-state index in [2.05, 4.69) is 25.5 Å². The van der Waals surface area contributed by atoms with Gasteiger partial charge >= 0.3 is 0 Å². The molecule has 0 atom stereocenters. The normalized spacial score (nSPS) is 11.1. The molecule has 5 rings (SSSR count). The average molecular weight is 505 g/mol. The van der Waals surface area contributed by atoms with Crippen LogP contribution in [0.15, 0.2) is 59.5 Å². The highest BCUT2D eigenvalue weighted by Crippen LogP contribution is 2.22. The highest BCUT2D eigenvalue weighted by molar-refractivity contribution is 6.30. The molecule has 1 amide bonds. The summed E-state index contributed by atoms with van der Waals surface area (Å²) in [5, 5.41) is 23.3. The van der Waals surface area contributed by atoms with Crippen LogP contribution in [0.1, 0.15) is 21.6 Å². The molecule has 0 bridgehead atoms. The van der Waals surface area contributed by atoms with E-state index in [-0.39, 0.29) is 34.1 Å². The number of anilines is 1. The van der Waals surface area contributed by atoms with Gasteiger partial charge in [-0.15, -0.1) is 0 Å². The van der Waals surface area contributed by atoms with Crippen molar-refractivity contribution in [2.45, 2.75) is 13.8 Å². The zero-order valence-electron chi connectivity index (χ0n) is 18.9. The smallest absolute Gasteiger partial charge is 0.273 e. The monoisotopic (exact) mass is 504 g/mol. The van der Waals surface area contributed by atoms with Gasteiger partial charge < -0.3 is 5.32 Å². The number of rotatable bonds is 5. The summed E-state index contributed by atoms with van der Waals surface area (Å²) in [6, 6.07) is 12.7. The summed E-state index contributed by atoms with van der Waals surface area (Å²) in [6.07, 6.45) is 1.40. The summed E-state index contributed by atoms with van der Waals surface area (Å²) in [6.45, 7) is 3.29. The van der Waals surface area contributed by atoms with Crippen molar-refractivity contribution < 1.29 is 9.72 Å². The third-order valence-corrected chi connectivity index (χ3v) is 5.66. The molecule has 0 aliphatic heterocycles. The van der Waals surface area contributed by atoms with E-state index < -0.39 is 16.4 Å². The fourth-order valence-corrected chi connectivity index (χ4v) is 3.87. The highest BCUT2D eigenvalue weighted by Gasteiger charge is 2.19. The van der Waals surface area contributed by atoms with Crippen LogP contribution in [-0.2, 0) is 0 Å². The summed E-state index contributed by atoms with van der Waals surface area (Å²) < 4.78 is 2.74. The van der Waals surface area contributed by atoms with Crippen LogP contribution in [0, 0.1) is 24.0 Å². The van der Waals surface area contributed by atoms with Crippen molar-refractivity contribution in [1.82, 2.24) is 29.5 Å². The molecule has 180 valence electrons. The number of H-pyrrole nitrogens is 1. The lowest BCUT2D eigenvalue weighted by atomic mass is 10.1. The van der Waals surface area contributed by atoms with Crippen LogP contribution >= 0.6 is 11.6 Å². The minimum atomic E-state index is -0.591. The second-order valence-corrected chi connectivity index (χ2v) is 8.39. The van der Waals surface area contributed by atoms with Gasteiger partial charge in [0.1, 0.15) is 11.2 Å². The van der Waals surface area contributed by atoms with Crippen molar-refractivity contribution in [2.24, 2.45) is 0 Å². The number of nitro benzene ring substituents is 1. The van der Waals surface area contributed by atoms with Crippen LogP contribution in [-0.4, -0.2) is 40.4 Å². The number of halogens is 1. The average Bonchev–Trinajstić information content (AvgIpc) is 3.42. The molecule has 5 aromatic rings. The minimum absolute atomic E-state index is 0.0366. The second kappa shape index (κ2) is 8.74. The molecule has 0 aliphatic carbocycles. The molecule has 0 saturated heterocycles. The van der Waals surface area contributed by atoms with Crippen LogP contribution in [0.25, 0.3) is 22.7 Å². The maximum atomic E-state index is 12.9. The van der Waals surface area contributed by atoms with Crippen molar-refractivity contribution in [3.05, 3.63) is 97.0 Å². The van der Waals surface area contributed by atoms with Gasteiger partial charge in [-0.25, -0.2) is 4.68 Å². The predicted octanol–water partition coefficient (Wildman–Crippen LogP) is 3.73. The number of carbonyl (C=O) groups excluding carboxylic acids is 1. The number of carbonyl (C=O) groups is 1. The number of nitro groups is 1. The molecule has 0 saturated carbocycles. The number of hydrogen-bond donors (Lipinski definition) is 2. The largest absolute Gasteiger partial charge is 0.306 e. The highest BCUT2D eigenvalue weighted by atomic mass is 35.5. The van der Waals surface area contributed by atoms with Gasteiger partial charge in [-0.3, -0.25) is 24.7 Å². The lowest BCUT2D eigenvalue weighted by molar-refractivity contribution is -0.385. The summed E-state index contributed by atoms with van der Waals surface area (Å²) in [4.78, 5) is 43.6. The van der Waals surface area contributed by atoms with Crippen LogP contribution in [0.5, 0.6) is 0 Å². The maximum Gasteiger partial charge on any atom is 0.273 e. The van der Waals surface area contributed by atoms with Gasteiger partial charge in [0.25, 0.3) is 17.2 Å². The van der Waals surface area contributed by atoms with Crippen LogP contribution < -0.4 is 10.9 Å². The number of benzene rings is 2. The molecule has 13 heteroatoms. The molecule has 12 nitrogen and oxygen atoms in total. The minimum Gasteiger partial charge on any atom is -0.306 e. The van der Waals surface area contributed by atoms with Crippen molar-refractivity contribution >= 4 is 40.0 Å². The summed E-state index contributed by atoms with van der Waals surface area (Å²) >= 11 is 6.11. The van der Waals surface area contributed by atoms with Gasteiger partial charge in [0.15, 0.2) is 5.65 Å². The Kier molecular flexibility index (Phi) is 5.57. The molecule has 0 radical (unpaired) electrons. The maximum absolute atomic E-state index is 12.9. The van der Waals surface area contributed by atoms with Crippen molar-refractivity contribution in [3.8, 4) is 11.6 Å². The number of hydrogen-bond acceptors (Lipinski definition) is 7. The zero-order chi connectivity index (χ0) is 25.6. The molecule has 0 spiro atoms. The number of amides is 1. The first-order chi connectivity index (χ1) is 17.2. The summed E-state index contributed by atoms with van der Waals surface area (Å²) in [7, 11) is 0. The van der Waals surface area contributed by atoms with Crippen LogP contribution in [0.2, 0.25) is 5.02 Å².